The summed E-state index contributed by atoms with van der Waals surface area (Å²) in [5, 5.41) is 21.5. The minimum Gasteiger partial charge on any atom is -0.383 e. The molecule has 2 aliphatic heterocycles. The highest BCUT2D eigenvalue weighted by Crippen LogP contribution is 2.35. The Hall–Kier alpha value is -5.84. The quantitative estimate of drug-likeness (QED) is 0.118. The van der Waals surface area contributed by atoms with Crippen LogP contribution >= 0.6 is 0 Å². The molecule has 4 atom stereocenters. The van der Waals surface area contributed by atoms with E-state index in [0.717, 1.165) is 82.1 Å². The van der Waals surface area contributed by atoms with Crippen molar-refractivity contribution in [2.45, 2.75) is 62.8 Å². The van der Waals surface area contributed by atoms with Crippen LogP contribution in [0.2, 0.25) is 0 Å². The number of benzene rings is 4. The lowest BCUT2D eigenvalue weighted by Crippen LogP contribution is -2.40. The zero-order chi connectivity index (χ0) is 37.0. The highest BCUT2D eigenvalue weighted by molar-refractivity contribution is 5.82. The highest BCUT2D eigenvalue weighted by atomic mass is 16.3. The molecule has 274 valence electrons. The molecule has 0 aliphatic carbocycles. The second-order valence-corrected chi connectivity index (χ2v) is 14.3. The summed E-state index contributed by atoms with van der Waals surface area (Å²) in [6.07, 6.45) is 5.33. The lowest BCUT2D eigenvalue weighted by Gasteiger charge is -2.25. The molecular weight excluding hydrogens is 677 g/mol. The van der Waals surface area contributed by atoms with Crippen LogP contribution in [0.5, 0.6) is 0 Å². The van der Waals surface area contributed by atoms with Crippen LogP contribution in [-0.2, 0) is 22.4 Å². The Kier molecular flexibility index (Phi) is 10.2. The van der Waals surface area contributed by atoms with Crippen molar-refractivity contribution in [3.63, 3.8) is 0 Å². The van der Waals surface area contributed by atoms with E-state index in [1.165, 1.54) is 0 Å². The summed E-state index contributed by atoms with van der Waals surface area (Å²) in [6, 6.07) is 35.4. The molecule has 4 heterocycles. The van der Waals surface area contributed by atoms with Gasteiger partial charge in [0.2, 0.25) is 0 Å². The van der Waals surface area contributed by atoms with Gasteiger partial charge in [-0.2, -0.15) is 0 Å². The lowest BCUT2D eigenvalue weighted by atomic mass is 10.0. The number of nitrogens with one attached hydrogen (secondary N) is 2. The zero-order valence-electron chi connectivity index (χ0n) is 30.0. The van der Waals surface area contributed by atoms with E-state index in [2.05, 4.69) is 68.5 Å². The summed E-state index contributed by atoms with van der Waals surface area (Å²) < 4.78 is 0. The van der Waals surface area contributed by atoms with E-state index in [1.54, 1.807) is 9.80 Å². The first-order valence-corrected chi connectivity index (χ1v) is 18.8. The standard InChI is InChI=1S/C44H44N6O4/c51-39(25-29-9-3-1-4-10-29)43(53)49-23-7-13-37(49)41-45-27-35(47-41)33-19-15-31(16-20-33)32-17-21-34(22-18-32)36-28-46-42(48-36)38-14-8-24-50(38)44(54)40(52)26-30-11-5-2-6-12-30/h1-6,9-12,15-22,27-28,37-40,51-52H,7-8,13-14,23-26H2,(H,45,47)(H,46,48)/t37-,38-,39+,40+/m0/s1. The van der Waals surface area contributed by atoms with Gasteiger partial charge in [-0.3, -0.25) is 9.59 Å². The molecule has 54 heavy (non-hydrogen) atoms. The number of carbonyl (C=O) groups is 2. The maximum Gasteiger partial charge on any atom is 0.252 e. The molecule has 0 spiro atoms. The van der Waals surface area contributed by atoms with Crippen LogP contribution in [0.3, 0.4) is 0 Å². The average molecular weight is 721 g/mol. The number of imidazole rings is 2. The van der Waals surface area contributed by atoms with Crippen molar-refractivity contribution in [2.75, 3.05) is 13.1 Å². The third-order valence-corrected chi connectivity index (χ3v) is 10.7. The molecule has 4 aromatic carbocycles. The van der Waals surface area contributed by atoms with Crippen molar-refractivity contribution in [3.8, 4) is 33.6 Å². The van der Waals surface area contributed by atoms with Gasteiger partial charge < -0.3 is 30.0 Å². The van der Waals surface area contributed by atoms with Crippen LogP contribution in [0.25, 0.3) is 33.6 Å². The van der Waals surface area contributed by atoms with E-state index in [4.69, 9.17) is 0 Å². The van der Waals surface area contributed by atoms with E-state index >= 15 is 0 Å². The summed E-state index contributed by atoms with van der Waals surface area (Å²) in [4.78, 5) is 46.2. The predicted octanol–water partition coefficient (Wildman–Crippen LogP) is 6.67. The first-order valence-electron chi connectivity index (χ1n) is 18.8. The third kappa shape index (κ3) is 7.48. The number of amides is 2. The molecule has 8 rings (SSSR count). The van der Waals surface area contributed by atoms with Crippen LogP contribution in [0, 0.1) is 0 Å². The molecule has 0 saturated carbocycles. The van der Waals surface area contributed by atoms with Crippen molar-refractivity contribution in [2.24, 2.45) is 0 Å². The lowest BCUT2D eigenvalue weighted by molar-refractivity contribution is -0.141. The van der Waals surface area contributed by atoms with Crippen LogP contribution in [0.1, 0.15) is 60.5 Å². The van der Waals surface area contributed by atoms with E-state index < -0.39 is 12.2 Å². The number of aromatic amines is 2. The molecular formula is C44H44N6O4. The largest absolute Gasteiger partial charge is 0.383 e. The average Bonchev–Trinajstić information content (AvgIpc) is 4.05. The normalized spacial score (nSPS) is 18.2. The van der Waals surface area contributed by atoms with Gasteiger partial charge in [0.15, 0.2) is 0 Å². The maximum absolute atomic E-state index is 13.3. The Morgan fingerprint density at radius 3 is 1.33 bits per heavy atom. The zero-order valence-corrected chi connectivity index (χ0v) is 30.0. The summed E-state index contributed by atoms with van der Waals surface area (Å²) in [5.74, 6) is 0.950. The first-order chi connectivity index (χ1) is 26.4. The summed E-state index contributed by atoms with van der Waals surface area (Å²) in [5.41, 5.74) is 7.74. The molecule has 2 aliphatic rings. The Labute approximate surface area is 314 Å². The van der Waals surface area contributed by atoms with Crippen LogP contribution in [0.4, 0.5) is 0 Å². The highest BCUT2D eigenvalue weighted by Gasteiger charge is 2.36. The van der Waals surface area contributed by atoms with Crippen molar-refractivity contribution in [3.05, 3.63) is 144 Å². The molecule has 2 fully saturated rings. The van der Waals surface area contributed by atoms with Gasteiger partial charge in [0.05, 0.1) is 35.9 Å². The number of likely N-dealkylation sites (tertiary alicyclic amines) is 2. The third-order valence-electron chi connectivity index (χ3n) is 10.7. The molecule has 10 heteroatoms. The Bertz CT molecular complexity index is 2020. The topological polar surface area (TPSA) is 138 Å². The van der Waals surface area contributed by atoms with Crippen LogP contribution < -0.4 is 0 Å². The Morgan fingerprint density at radius 2 is 0.944 bits per heavy atom. The van der Waals surface area contributed by atoms with Crippen molar-refractivity contribution in [1.82, 2.24) is 29.7 Å². The van der Waals surface area contributed by atoms with E-state index in [1.807, 2.05) is 73.1 Å². The van der Waals surface area contributed by atoms with Gasteiger partial charge in [0, 0.05) is 25.9 Å². The molecule has 2 saturated heterocycles. The van der Waals surface area contributed by atoms with Gasteiger partial charge in [-0.1, -0.05) is 109 Å². The number of aliphatic hydroxyl groups is 2. The Morgan fingerprint density at radius 1 is 0.574 bits per heavy atom. The minimum absolute atomic E-state index is 0.196. The number of carbonyl (C=O) groups excluding carboxylic acids is 2. The monoisotopic (exact) mass is 720 g/mol. The molecule has 0 unspecified atom stereocenters. The van der Waals surface area contributed by atoms with E-state index in [0.29, 0.717) is 13.1 Å². The number of hydrogen-bond donors (Lipinski definition) is 4. The molecule has 2 amide bonds. The van der Waals surface area contributed by atoms with Crippen molar-refractivity contribution < 1.29 is 19.8 Å². The number of aliphatic hydroxyl groups excluding tert-OH is 2. The molecule has 2 aromatic heterocycles. The minimum atomic E-state index is -1.09. The number of aromatic nitrogens is 4. The molecule has 6 aromatic rings. The van der Waals surface area contributed by atoms with Crippen LogP contribution in [-0.4, -0.2) is 77.1 Å². The van der Waals surface area contributed by atoms with Gasteiger partial charge in [-0.05, 0) is 59.1 Å². The van der Waals surface area contributed by atoms with Crippen molar-refractivity contribution >= 4 is 11.8 Å². The second kappa shape index (κ2) is 15.6. The number of nitrogens with zero attached hydrogens (tertiary/aromatic N) is 4. The summed E-state index contributed by atoms with van der Waals surface area (Å²) >= 11 is 0. The predicted molar refractivity (Wildman–Crippen MR) is 207 cm³/mol. The van der Waals surface area contributed by atoms with Gasteiger partial charge >= 0.3 is 0 Å². The Balaban J connectivity index is 0.896. The number of rotatable bonds is 11. The number of H-pyrrole nitrogens is 2. The first kappa shape index (κ1) is 35.2. The smallest absolute Gasteiger partial charge is 0.252 e. The van der Waals surface area contributed by atoms with E-state index in [9.17, 15) is 19.8 Å². The van der Waals surface area contributed by atoms with Gasteiger partial charge in [-0.15, -0.1) is 0 Å². The van der Waals surface area contributed by atoms with Gasteiger partial charge in [0.1, 0.15) is 23.9 Å². The molecule has 4 N–H and O–H groups in total. The SMILES string of the molecule is O=C([C@H](O)Cc1ccccc1)N1CCC[C@H]1c1ncc(-c2ccc(-c3ccc(-c4cnc([C@@H]5CCCN5C(=O)[C@H](O)Cc5ccccc5)[nH]4)cc3)cc2)[nH]1. The fraction of sp³-hybridized carbons (Fsp3) is 0.273. The van der Waals surface area contributed by atoms with Gasteiger partial charge in [-0.25, -0.2) is 9.97 Å². The summed E-state index contributed by atoms with van der Waals surface area (Å²) in [6.45, 7) is 1.20. The fourth-order valence-electron chi connectivity index (χ4n) is 7.85. The molecule has 0 bridgehead atoms. The second-order valence-electron chi connectivity index (χ2n) is 14.3. The molecule has 0 radical (unpaired) electrons. The maximum atomic E-state index is 13.3. The number of hydrogen-bond acceptors (Lipinski definition) is 6. The fourth-order valence-corrected chi connectivity index (χ4v) is 7.85. The molecule has 10 nitrogen and oxygen atoms in total. The van der Waals surface area contributed by atoms with Crippen molar-refractivity contribution in [1.29, 1.82) is 0 Å². The summed E-state index contributed by atoms with van der Waals surface area (Å²) in [7, 11) is 0. The van der Waals surface area contributed by atoms with Crippen LogP contribution in [0.15, 0.2) is 122 Å². The van der Waals surface area contributed by atoms with Gasteiger partial charge in [0.25, 0.3) is 11.8 Å². The van der Waals surface area contributed by atoms with E-state index in [-0.39, 0.29) is 36.7 Å².